The number of hydrogen-bond acceptors (Lipinski definition) is 3. The Kier molecular flexibility index (Phi) is 5.45. The molecule has 1 saturated carbocycles. The van der Waals surface area contributed by atoms with E-state index in [1.807, 2.05) is 0 Å². The van der Waals surface area contributed by atoms with Gasteiger partial charge in [0.05, 0.1) is 6.10 Å². The molecule has 2 rings (SSSR count). The molecule has 2 aliphatic rings. The third-order valence-corrected chi connectivity index (χ3v) is 4.22. The first kappa shape index (κ1) is 13.8. The zero-order chi connectivity index (χ0) is 12.8. The molecule has 18 heavy (non-hydrogen) atoms. The molecule has 0 radical (unpaired) electrons. The molecule has 1 N–H and O–H groups in total. The van der Waals surface area contributed by atoms with Gasteiger partial charge in [-0.05, 0) is 31.6 Å². The molecule has 1 aliphatic heterocycles. The second-order valence-corrected chi connectivity index (χ2v) is 5.71. The third kappa shape index (κ3) is 4.58. The number of nitrogens with zero attached hydrogens (tertiary/aromatic N) is 1. The first-order valence-electron chi connectivity index (χ1n) is 7.30. The van der Waals surface area contributed by atoms with Crippen LogP contribution in [0.5, 0.6) is 0 Å². The van der Waals surface area contributed by atoms with Gasteiger partial charge in [-0.15, -0.1) is 0 Å². The van der Waals surface area contributed by atoms with Gasteiger partial charge in [-0.1, -0.05) is 19.3 Å². The number of piperidine rings is 1. The molecular weight excluding hydrogens is 230 g/mol. The largest absolute Gasteiger partial charge is 0.480 e. The van der Waals surface area contributed by atoms with Gasteiger partial charge in [0, 0.05) is 19.6 Å². The van der Waals surface area contributed by atoms with Crippen molar-refractivity contribution in [3.05, 3.63) is 0 Å². The topological polar surface area (TPSA) is 49.8 Å². The van der Waals surface area contributed by atoms with E-state index in [1.54, 1.807) is 0 Å². The van der Waals surface area contributed by atoms with Crippen molar-refractivity contribution in [2.45, 2.75) is 51.0 Å². The number of carboxylic acid groups (broad SMARTS) is 1. The van der Waals surface area contributed by atoms with Crippen LogP contribution in [0.3, 0.4) is 0 Å². The Morgan fingerprint density at radius 3 is 2.39 bits per heavy atom. The fourth-order valence-corrected chi connectivity index (χ4v) is 3.18. The van der Waals surface area contributed by atoms with Crippen LogP contribution in [0.15, 0.2) is 0 Å². The molecule has 0 atom stereocenters. The Bertz CT molecular complexity index is 256. The number of ether oxygens (including phenoxy) is 1. The normalized spacial score (nSPS) is 24.2. The van der Waals surface area contributed by atoms with E-state index in [0.29, 0.717) is 0 Å². The molecule has 0 aromatic carbocycles. The molecule has 104 valence electrons. The van der Waals surface area contributed by atoms with Crippen molar-refractivity contribution in [2.75, 3.05) is 26.2 Å². The van der Waals surface area contributed by atoms with Crippen LogP contribution in [0.2, 0.25) is 0 Å². The van der Waals surface area contributed by atoms with Gasteiger partial charge in [-0.3, -0.25) is 0 Å². The summed E-state index contributed by atoms with van der Waals surface area (Å²) in [6, 6.07) is 0. The van der Waals surface area contributed by atoms with E-state index >= 15 is 0 Å². The molecule has 0 bridgehead atoms. The molecule has 4 heteroatoms. The lowest BCUT2D eigenvalue weighted by molar-refractivity contribution is -0.145. The number of likely N-dealkylation sites (tertiary alicyclic amines) is 1. The van der Waals surface area contributed by atoms with Gasteiger partial charge in [0.2, 0.25) is 0 Å². The lowest BCUT2D eigenvalue weighted by Crippen LogP contribution is -2.40. The first-order chi connectivity index (χ1) is 8.74. The molecular formula is C14H25NO3. The molecule has 2 fully saturated rings. The van der Waals surface area contributed by atoms with Crippen molar-refractivity contribution >= 4 is 5.97 Å². The van der Waals surface area contributed by atoms with Crippen LogP contribution in [0.4, 0.5) is 0 Å². The number of aliphatic carboxylic acids is 1. The average Bonchev–Trinajstić information content (AvgIpc) is 2.39. The Morgan fingerprint density at radius 2 is 1.78 bits per heavy atom. The number of carbonyl (C=O) groups is 1. The summed E-state index contributed by atoms with van der Waals surface area (Å²) in [4.78, 5) is 13.0. The highest BCUT2D eigenvalue weighted by Crippen LogP contribution is 2.25. The first-order valence-corrected chi connectivity index (χ1v) is 7.30. The summed E-state index contributed by atoms with van der Waals surface area (Å²) < 4.78 is 5.36. The summed E-state index contributed by atoms with van der Waals surface area (Å²) in [6.07, 6.45) is 9.15. The van der Waals surface area contributed by atoms with Crippen LogP contribution in [0.1, 0.15) is 44.9 Å². The second-order valence-electron chi connectivity index (χ2n) is 5.71. The van der Waals surface area contributed by atoms with Gasteiger partial charge < -0.3 is 14.7 Å². The summed E-state index contributed by atoms with van der Waals surface area (Å²) in [7, 11) is 0. The Morgan fingerprint density at radius 1 is 1.11 bits per heavy atom. The van der Waals surface area contributed by atoms with E-state index in [9.17, 15) is 4.79 Å². The summed E-state index contributed by atoms with van der Waals surface area (Å²) in [5, 5.41) is 8.58. The van der Waals surface area contributed by atoms with Gasteiger partial charge in [0.25, 0.3) is 0 Å². The van der Waals surface area contributed by atoms with E-state index in [2.05, 4.69) is 4.90 Å². The molecule has 1 saturated heterocycles. The predicted octanol–water partition coefficient (Wildman–Crippen LogP) is 2.13. The second kappa shape index (κ2) is 7.10. The van der Waals surface area contributed by atoms with Gasteiger partial charge in [-0.25, -0.2) is 4.79 Å². The van der Waals surface area contributed by atoms with E-state index in [0.717, 1.165) is 31.8 Å². The monoisotopic (exact) mass is 255 g/mol. The summed E-state index contributed by atoms with van der Waals surface area (Å²) in [5.41, 5.74) is 0. The minimum Gasteiger partial charge on any atom is -0.480 e. The molecule has 1 aliphatic carbocycles. The van der Waals surface area contributed by atoms with Crippen molar-refractivity contribution in [1.29, 1.82) is 0 Å². The summed E-state index contributed by atoms with van der Waals surface area (Å²) >= 11 is 0. The van der Waals surface area contributed by atoms with Crippen LogP contribution >= 0.6 is 0 Å². The maximum Gasteiger partial charge on any atom is 0.329 e. The van der Waals surface area contributed by atoms with Crippen LogP contribution in [0.25, 0.3) is 0 Å². The van der Waals surface area contributed by atoms with Crippen LogP contribution in [-0.2, 0) is 9.53 Å². The quantitative estimate of drug-likeness (QED) is 0.817. The highest BCUT2D eigenvalue weighted by molar-refractivity contribution is 5.68. The highest BCUT2D eigenvalue weighted by Gasteiger charge is 2.23. The van der Waals surface area contributed by atoms with E-state index in [1.165, 1.54) is 38.6 Å². The standard InChI is InChI=1S/C14H25NO3/c16-14(17)11-18-13-6-8-15(9-7-13)10-12-4-2-1-3-5-12/h12-13H,1-11H2,(H,16,17). The number of rotatable bonds is 5. The fourth-order valence-electron chi connectivity index (χ4n) is 3.18. The SMILES string of the molecule is O=C(O)COC1CCN(CC2CCCCC2)CC1. The van der Waals surface area contributed by atoms with Crippen molar-refractivity contribution < 1.29 is 14.6 Å². The van der Waals surface area contributed by atoms with Crippen LogP contribution in [0, 0.1) is 5.92 Å². The van der Waals surface area contributed by atoms with Gasteiger partial charge >= 0.3 is 5.97 Å². The predicted molar refractivity (Wildman–Crippen MR) is 69.6 cm³/mol. The molecule has 0 aromatic heterocycles. The molecule has 0 aromatic rings. The van der Waals surface area contributed by atoms with Crippen molar-refractivity contribution in [1.82, 2.24) is 4.90 Å². The average molecular weight is 255 g/mol. The van der Waals surface area contributed by atoms with Gasteiger partial charge in [0.15, 0.2) is 0 Å². The highest BCUT2D eigenvalue weighted by atomic mass is 16.5. The van der Waals surface area contributed by atoms with Gasteiger partial charge in [-0.2, -0.15) is 0 Å². The zero-order valence-corrected chi connectivity index (χ0v) is 11.1. The minimum absolute atomic E-state index is 0.146. The zero-order valence-electron chi connectivity index (χ0n) is 11.1. The summed E-state index contributed by atoms with van der Waals surface area (Å²) in [6.45, 7) is 3.24. The van der Waals surface area contributed by atoms with E-state index in [-0.39, 0.29) is 12.7 Å². The molecule has 4 nitrogen and oxygen atoms in total. The van der Waals surface area contributed by atoms with E-state index < -0.39 is 5.97 Å². The van der Waals surface area contributed by atoms with Crippen LogP contribution < -0.4 is 0 Å². The number of hydrogen-bond donors (Lipinski definition) is 1. The Balaban J connectivity index is 1.62. The Hall–Kier alpha value is -0.610. The molecule has 0 spiro atoms. The fraction of sp³-hybridized carbons (Fsp3) is 0.929. The smallest absolute Gasteiger partial charge is 0.329 e. The minimum atomic E-state index is -0.861. The van der Waals surface area contributed by atoms with Crippen molar-refractivity contribution in [3.8, 4) is 0 Å². The molecule has 0 amide bonds. The van der Waals surface area contributed by atoms with Gasteiger partial charge in [0.1, 0.15) is 6.61 Å². The molecule has 1 heterocycles. The third-order valence-electron chi connectivity index (χ3n) is 4.22. The molecule has 0 unspecified atom stereocenters. The lowest BCUT2D eigenvalue weighted by Gasteiger charge is -2.35. The van der Waals surface area contributed by atoms with E-state index in [4.69, 9.17) is 9.84 Å². The maximum absolute atomic E-state index is 10.4. The Labute approximate surface area is 109 Å². The summed E-state index contributed by atoms with van der Waals surface area (Å²) in [5.74, 6) is 0.0369. The maximum atomic E-state index is 10.4. The van der Waals surface area contributed by atoms with Crippen molar-refractivity contribution in [3.63, 3.8) is 0 Å². The lowest BCUT2D eigenvalue weighted by atomic mass is 9.88. The van der Waals surface area contributed by atoms with Crippen LogP contribution in [-0.4, -0.2) is 48.3 Å². The van der Waals surface area contributed by atoms with Crippen molar-refractivity contribution in [2.24, 2.45) is 5.92 Å². The number of carboxylic acids is 1.